The van der Waals surface area contributed by atoms with Crippen molar-refractivity contribution in [3.63, 3.8) is 0 Å². The number of thiophene rings is 1. The van der Waals surface area contributed by atoms with Crippen LogP contribution in [0.4, 0.5) is 0 Å². The Labute approximate surface area is 191 Å². The molecule has 1 aromatic heterocycles. The number of guanidine groups is 1. The normalized spacial score (nSPS) is 21.9. The zero-order valence-corrected chi connectivity index (χ0v) is 20.2. The molecule has 0 spiro atoms. The predicted octanol–water partition coefficient (Wildman–Crippen LogP) is 2.47. The summed E-state index contributed by atoms with van der Waals surface area (Å²) in [7, 11) is 0. The average Bonchev–Trinajstić information content (AvgIpc) is 3.20. The van der Waals surface area contributed by atoms with Crippen LogP contribution in [0.3, 0.4) is 0 Å². The highest BCUT2D eigenvalue weighted by Gasteiger charge is 2.20. The molecular formula is C20H36IN5OS. The van der Waals surface area contributed by atoms with Gasteiger partial charge in [-0.3, -0.25) is 14.8 Å². The van der Waals surface area contributed by atoms with Crippen LogP contribution in [-0.2, 0) is 11.3 Å². The molecule has 1 unspecified atom stereocenters. The van der Waals surface area contributed by atoms with Crippen LogP contribution < -0.4 is 10.6 Å². The van der Waals surface area contributed by atoms with Crippen LogP contribution >= 0.6 is 35.3 Å². The van der Waals surface area contributed by atoms with Crippen molar-refractivity contribution in [2.75, 3.05) is 65.6 Å². The van der Waals surface area contributed by atoms with E-state index in [1.807, 2.05) is 11.3 Å². The van der Waals surface area contributed by atoms with Gasteiger partial charge in [0, 0.05) is 57.2 Å². The van der Waals surface area contributed by atoms with Crippen molar-refractivity contribution in [2.45, 2.75) is 26.3 Å². The van der Waals surface area contributed by atoms with E-state index in [1.165, 1.54) is 24.3 Å². The lowest BCUT2D eigenvalue weighted by Crippen LogP contribution is -2.44. The number of piperidine rings is 1. The minimum atomic E-state index is 0. The molecule has 2 aliphatic rings. The third kappa shape index (κ3) is 8.52. The second-order valence-electron chi connectivity index (χ2n) is 7.42. The van der Waals surface area contributed by atoms with Crippen molar-refractivity contribution < 1.29 is 4.74 Å². The topological polar surface area (TPSA) is 52.1 Å². The molecule has 3 heterocycles. The summed E-state index contributed by atoms with van der Waals surface area (Å²) in [6, 6.07) is 4.39. The van der Waals surface area contributed by atoms with Crippen LogP contribution in [0.2, 0.25) is 0 Å². The lowest BCUT2D eigenvalue weighted by atomic mass is 9.98. The predicted molar refractivity (Wildman–Crippen MR) is 129 cm³/mol. The first-order valence-electron chi connectivity index (χ1n) is 10.4. The number of ether oxygens (including phenoxy) is 1. The molecule has 0 bridgehead atoms. The van der Waals surface area contributed by atoms with Gasteiger partial charge in [-0.25, -0.2) is 0 Å². The largest absolute Gasteiger partial charge is 0.379 e. The number of nitrogens with one attached hydrogen (secondary N) is 2. The maximum Gasteiger partial charge on any atom is 0.191 e. The Morgan fingerprint density at radius 1 is 1.25 bits per heavy atom. The van der Waals surface area contributed by atoms with Gasteiger partial charge in [0.1, 0.15) is 0 Å². The van der Waals surface area contributed by atoms with Gasteiger partial charge in [0.05, 0.1) is 13.2 Å². The standard InChI is InChI=1S/C20H35N5OS.HI/c1-2-21-20(22-7-9-24-10-12-26-13-11-24)23-15-18-5-3-8-25(16-18)17-19-6-4-14-27-19;/h4,6,14,18H,2-3,5,7-13,15-17H2,1H3,(H2,21,22,23);1H. The molecule has 1 aromatic rings. The first-order valence-corrected chi connectivity index (χ1v) is 11.3. The van der Waals surface area contributed by atoms with Crippen molar-refractivity contribution >= 4 is 41.3 Å². The fourth-order valence-electron chi connectivity index (χ4n) is 3.79. The molecule has 0 aromatic carbocycles. The third-order valence-electron chi connectivity index (χ3n) is 5.24. The molecule has 8 heteroatoms. The van der Waals surface area contributed by atoms with Crippen LogP contribution in [0.5, 0.6) is 0 Å². The van der Waals surface area contributed by atoms with Gasteiger partial charge in [0.25, 0.3) is 0 Å². The number of rotatable bonds is 8. The number of nitrogens with zero attached hydrogens (tertiary/aromatic N) is 3. The Morgan fingerprint density at radius 3 is 2.86 bits per heavy atom. The lowest BCUT2D eigenvalue weighted by Gasteiger charge is -2.31. The van der Waals surface area contributed by atoms with E-state index in [0.29, 0.717) is 5.92 Å². The second kappa shape index (κ2) is 13.7. The Bertz CT molecular complexity index is 551. The number of hydrogen-bond acceptors (Lipinski definition) is 5. The summed E-state index contributed by atoms with van der Waals surface area (Å²) in [5.41, 5.74) is 0. The van der Waals surface area contributed by atoms with Crippen LogP contribution in [0.1, 0.15) is 24.6 Å². The molecule has 0 amide bonds. The van der Waals surface area contributed by atoms with E-state index >= 15 is 0 Å². The molecule has 28 heavy (non-hydrogen) atoms. The molecule has 2 aliphatic heterocycles. The zero-order chi connectivity index (χ0) is 18.7. The molecule has 2 fully saturated rings. The maximum absolute atomic E-state index is 5.41. The van der Waals surface area contributed by atoms with Gasteiger partial charge >= 0.3 is 0 Å². The third-order valence-corrected chi connectivity index (χ3v) is 6.10. The molecule has 2 N–H and O–H groups in total. The fraction of sp³-hybridized carbons (Fsp3) is 0.750. The minimum absolute atomic E-state index is 0. The van der Waals surface area contributed by atoms with Crippen molar-refractivity contribution in [1.82, 2.24) is 20.4 Å². The van der Waals surface area contributed by atoms with Crippen molar-refractivity contribution in [3.8, 4) is 0 Å². The Morgan fingerprint density at radius 2 is 2.11 bits per heavy atom. The number of halogens is 1. The van der Waals surface area contributed by atoms with Gasteiger partial charge in [0.15, 0.2) is 5.96 Å². The summed E-state index contributed by atoms with van der Waals surface area (Å²) in [4.78, 5) is 11.4. The quantitative estimate of drug-likeness (QED) is 0.313. The van der Waals surface area contributed by atoms with Gasteiger partial charge < -0.3 is 15.4 Å². The van der Waals surface area contributed by atoms with E-state index in [1.54, 1.807) is 0 Å². The molecule has 160 valence electrons. The molecule has 0 aliphatic carbocycles. The van der Waals surface area contributed by atoms with Crippen LogP contribution in [-0.4, -0.2) is 81.3 Å². The van der Waals surface area contributed by atoms with Crippen LogP contribution in [0.15, 0.2) is 22.5 Å². The summed E-state index contributed by atoms with van der Waals surface area (Å²) in [6.07, 6.45) is 2.57. The average molecular weight is 522 g/mol. The number of morpholine rings is 1. The molecular weight excluding hydrogens is 485 g/mol. The summed E-state index contributed by atoms with van der Waals surface area (Å²) in [5.74, 6) is 1.62. The summed E-state index contributed by atoms with van der Waals surface area (Å²) < 4.78 is 5.41. The fourth-order valence-corrected chi connectivity index (χ4v) is 4.53. The van der Waals surface area contributed by atoms with Gasteiger partial charge in [-0.1, -0.05) is 6.07 Å². The first-order chi connectivity index (χ1) is 13.3. The van der Waals surface area contributed by atoms with Gasteiger partial charge in [-0.15, -0.1) is 35.3 Å². The van der Waals surface area contributed by atoms with E-state index in [9.17, 15) is 0 Å². The highest BCUT2D eigenvalue weighted by atomic mass is 127. The Kier molecular flexibility index (Phi) is 11.7. The number of aliphatic imine (C=N–C) groups is 1. The second-order valence-corrected chi connectivity index (χ2v) is 8.46. The van der Waals surface area contributed by atoms with Crippen LogP contribution in [0, 0.1) is 5.92 Å². The summed E-state index contributed by atoms with van der Waals surface area (Å²) >= 11 is 1.86. The van der Waals surface area contributed by atoms with Gasteiger partial charge in [-0.05, 0) is 43.7 Å². The van der Waals surface area contributed by atoms with Gasteiger partial charge in [-0.2, -0.15) is 0 Å². The van der Waals surface area contributed by atoms with E-state index < -0.39 is 0 Å². The lowest BCUT2D eigenvalue weighted by molar-refractivity contribution is 0.0389. The summed E-state index contributed by atoms with van der Waals surface area (Å²) in [6.45, 7) is 13.2. The monoisotopic (exact) mass is 521 g/mol. The molecule has 2 saturated heterocycles. The number of likely N-dealkylation sites (tertiary alicyclic amines) is 1. The smallest absolute Gasteiger partial charge is 0.191 e. The minimum Gasteiger partial charge on any atom is -0.379 e. The molecule has 0 saturated carbocycles. The molecule has 1 atom stereocenters. The zero-order valence-electron chi connectivity index (χ0n) is 17.1. The van der Waals surface area contributed by atoms with Crippen molar-refractivity contribution in [3.05, 3.63) is 22.4 Å². The highest BCUT2D eigenvalue weighted by Crippen LogP contribution is 2.20. The van der Waals surface area contributed by atoms with Crippen molar-refractivity contribution in [1.29, 1.82) is 0 Å². The molecule has 0 radical (unpaired) electrons. The van der Waals surface area contributed by atoms with Crippen LogP contribution in [0.25, 0.3) is 0 Å². The number of hydrogen-bond donors (Lipinski definition) is 2. The Balaban J connectivity index is 0.00000280. The summed E-state index contributed by atoms with van der Waals surface area (Å²) in [5, 5.41) is 9.06. The van der Waals surface area contributed by atoms with E-state index in [-0.39, 0.29) is 24.0 Å². The van der Waals surface area contributed by atoms with Crippen molar-refractivity contribution in [2.24, 2.45) is 10.9 Å². The highest BCUT2D eigenvalue weighted by molar-refractivity contribution is 14.0. The SMILES string of the molecule is CCNC(=NCC1CCCN(Cc2cccs2)C1)NCCN1CCOCC1.I. The first kappa shape index (κ1) is 23.9. The maximum atomic E-state index is 5.41. The van der Waals surface area contributed by atoms with Gasteiger partial charge in [0.2, 0.25) is 0 Å². The Hall–Kier alpha value is -0.420. The molecule has 3 rings (SSSR count). The van der Waals surface area contributed by atoms with E-state index in [0.717, 1.165) is 71.5 Å². The van der Waals surface area contributed by atoms with E-state index in [2.05, 4.69) is 44.9 Å². The molecule has 6 nitrogen and oxygen atoms in total. The van der Waals surface area contributed by atoms with E-state index in [4.69, 9.17) is 9.73 Å².